The van der Waals surface area contributed by atoms with Crippen LogP contribution in [0.4, 0.5) is 0 Å². The van der Waals surface area contributed by atoms with Crippen LogP contribution >= 0.6 is 11.3 Å². The molecule has 0 saturated heterocycles. The van der Waals surface area contributed by atoms with Crippen molar-refractivity contribution in [3.63, 3.8) is 0 Å². The summed E-state index contributed by atoms with van der Waals surface area (Å²) in [7, 11) is 0. The van der Waals surface area contributed by atoms with E-state index in [2.05, 4.69) is 20.3 Å². The van der Waals surface area contributed by atoms with Gasteiger partial charge in [0.25, 0.3) is 5.91 Å². The summed E-state index contributed by atoms with van der Waals surface area (Å²) in [5, 5.41) is 5.63. The summed E-state index contributed by atoms with van der Waals surface area (Å²) >= 11 is 1.37. The zero-order valence-corrected chi connectivity index (χ0v) is 16.6. The number of thiazole rings is 1. The van der Waals surface area contributed by atoms with Crippen molar-refractivity contribution < 1.29 is 9.59 Å². The standard InChI is InChI=1S/C20H24N4O2S/c1-13-9-21-10-15(22-13)8-16(25)19-4-3-5-20(12-19,7-6-19)24-17(26)18-23-14(2)11-27-18/h9-11H,3-8,12H2,1-2H3,(H,24,26). The summed E-state index contributed by atoms with van der Waals surface area (Å²) in [6.45, 7) is 3.77. The number of hydrogen-bond acceptors (Lipinski definition) is 6. The Balaban J connectivity index is 1.49. The second-order valence-corrected chi connectivity index (χ2v) is 8.95. The Morgan fingerprint density at radius 2 is 1.96 bits per heavy atom. The summed E-state index contributed by atoms with van der Waals surface area (Å²) in [6, 6.07) is 0. The van der Waals surface area contributed by atoms with Gasteiger partial charge >= 0.3 is 0 Å². The minimum absolute atomic E-state index is 0.109. The molecule has 1 N–H and O–H groups in total. The molecule has 0 aromatic carbocycles. The van der Waals surface area contributed by atoms with Gasteiger partial charge in [-0.15, -0.1) is 11.3 Å². The Morgan fingerprint density at radius 3 is 2.70 bits per heavy atom. The van der Waals surface area contributed by atoms with Gasteiger partial charge in [-0.2, -0.15) is 0 Å². The fourth-order valence-electron chi connectivity index (χ4n) is 4.75. The first-order chi connectivity index (χ1) is 12.9. The number of amides is 1. The van der Waals surface area contributed by atoms with E-state index in [1.165, 1.54) is 11.3 Å². The van der Waals surface area contributed by atoms with Crippen LogP contribution in [0.3, 0.4) is 0 Å². The summed E-state index contributed by atoms with van der Waals surface area (Å²) in [4.78, 5) is 38.7. The molecule has 2 unspecified atom stereocenters. The van der Waals surface area contributed by atoms with Gasteiger partial charge in [0.15, 0.2) is 5.01 Å². The molecule has 2 atom stereocenters. The number of carbonyl (C=O) groups is 2. The number of nitrogens with one attached hydrogen (secondary N) is 1. The molecule has 2 aromatic rings. The first kappa shape index (κ1) is 18.2. The molecule has 2 aliphatic carbocycles. The number of nitrogens with zero attached hydrogens (tertiary/aromatic N) is 3. The second-order valence-electron chi connectivity index (χ2n) is 8.09. The van der Waals surface area contributed by atoms with Crippen LogP contribution in [0.2, 0.25) is 0 Å². The molecule has 0 radical (unpaired) electrons. The maximum atomic E-state index is 13.2. The summed E-state index contributed by atoms with van der Waals surface area (Å²) in [5.41, 5.74) is 1.81. The predicted molar refractivity (Wildman–Crippen MR) is 103 cm³/mol. The molecule has 142 valence electrons. The molecule has 2 fully saturated rings. The van der Waals surface area contributed by atoms with Crippen LogP contribution in [0, 0.1) is 19.3 Å². The second kappa shape index (κ2) is 6.78. The van der Waals surface area contributed by atoms with Gasteiger partial charge in [0.05, 0.1) is 17.8 Å². The molecular formula is C20H24N4O2S. The molecule has 2 aliphatic rings. The number of Topliss-reactive ketones (excluding diaryl/α,β-unsaturated/α-hetero) is 1. The van der Waals surface area contributed by atoms with Gasteiger partial charge in [-0.1, -0.05) is 6.42 Å². The molecule has 6 nitrogen and oxygen atoms in total. The highest BCUT2D eigenvalue weighted by Gasteiger charge is 2.55. The van der Waals surface area contributed by atoms with Crippen molar-refractivity contribution in [2.75, 3.05) is 0 Å². The van der Waals surface area contributed by atoms with Crippen molar-refractivity contribution in [1.82, 2.24) is 20.3 Å². The lowest BCUT2D eigenvalue weighted by Gasteiger charge is -2.39. The Hall–Kier alpha value is -2.15. The van der Waals surface area contributed by atoms with Crippen LogP contribution < -0.4 is 5.32 Å². The van der Waals surface area contributed by atoms with Crippen LogP contribution in [-0.2, 0) is 11.2 Å². The smallest absolute Gasteiger partial charge is 0.280 e. The Kier molecular flexibility index (Phi) is 4.58. The Labute approximate surface area is 162 Å². The van der Waals surface area contributed by atoms with Crippen molar-refractivity contribution in [2.45, 2.75) is 64.3 Å². The third kappa shape index (κ3) is 3.52. The fraction of sp³-hybridized carbons (Fsp3) is 0.550. The minimum Gasteiger partial charge on any atom is -0.345 e. The summed E-state index contributed by atoms with van der Waals surface area (Å²) in [5.74, 6) is 0.131. The molecule has 7 heteroatoms. The number of rotatable bonds is 5. The zero-order valence-electron chi connectivity index (χ0n) is 15.7. The summed E-state index contributed by atoms with van der Waals surface area (Å²) < 4.78 is 0. The van der Waals surface area contributed by atoms with Gasteiger partial charge in [-0.25, -0.2) is 4.98 Å². The Bertz CT molecular complexity index is 896. The molecule has 2 bridgehead atoms. The van der Waals surface area contributed by atoms with E-state index in [4.69, 9.17) is 0 Å². The van der Waals surface area contributed by atoms with Crippen LogP contribution in [0.25, 0.3) is 0 Å². The van der Waals surface area contributed by atoms with Gasteiger partial charge < -0.3 is 5.32 Å². The van der Waals surface area contributed by atoms with Crippen molar-refractivity contribution in [1.29, 1.82) is 0 Å². The van der Waals surface area contributed by atoms with Gasteiger partial charge in [0.2, 0.25) is 0 Å². The van der Waals surface area contributed by atoms with E-state index in [1.54, 1.807) is 12.4 Å². The van der Waals surface area contributed by atoms with Crippen molar-refractivity contribution >= 4 is 23.0 Å². The van der Waals surface area contributed by atoms with E-state index >= 15 is 0 Å². The average Bonchev–Trinajstić information content (AvgIpc) is 3.17. The van der Waals surface area contributed by atoms with E-state index in [0.29, 0.717) is 11.4 Å². The lowest BCUT2D eigenvalue weighted by Crippen LogP contribution is -2.50. The van der Waals surface area contributed by atoms with Crippen LogP contribution in [0.1, 0.15) is 65.4 Å². The molecular weight excluding hydrogens is 360 g/mol. The largest absolute Gasteiger partial charge is 0.345 e. The lowest BCUT2D eigenvalue weighted by molar-refractivity contribution is -0.129. The summed E-state index contributed by atoms with van der Waals surface area (Å²) in [6.07, 6.45) is 8.92. The third-order valence-electron chi connectivity index (χ3n) is 6.00. The van der Waals surface area contributed by atoms with Gasteiger partial charge in [-0.3, -0.25) is 19.6 Å². The SMILES string of the molecule is Cc1cncc(CC(=O)C23CCCC(NC(=O)c4nc(C)cs4)(CC2)C3)n1. The monoisotopic (exact) mass is 384 g/mol. The highest BCUT2D eigenvalue weighted by Crippen LogP contribution is 2.54. The van der Waals surface area contributed by atoms with E-state index in [9.17, 15) is 9.59 Å². The molecule has 2 saturated carbocycles. The molecule has 0 aliphatic heterocycles. The topological polar surface area (TPSA) is 84.8 Å². The number of hydrogen-bond donors (Lipinski definition) is 1. The van der Waals surface area contributed by atoms with E-state index in [0.717, 1.165) is 55.6 Å². The lowest BCUT2D eigenvalue weighted by atomic mass is 9.69. The molecule has 0 spiro atoms. The highest BCUT2D eigenvalue weighted by atomic mass is 32.1. The number of fused-ring (bicyclic) bond motifs is 2. The van der Waals surface area contributed by atoms with Crippen molar-refractivity contribution in [2.24, 2.45) is 5.41 Å². The zero-order chi connectivity index (χ0) is 19.1. The van der Waals surface area contributed by atoms with Crippen LogP contribution in [0.5, 0.6) is 0 Å². The van der Waals surface area contributed by atoms with Crippen LogP contribution in [-0.4, -0.2) is 32.2 Å². The van der Waals surface area contributed by atoms with Gasteiger partial charge in [0, 0.05) is 34.4 Å². The number of aryl methyl sites for hydroxylation is 2. The molecule has 27 heavy (non-hydrogen) atoms. The van der Waals surface area contributed by atoms with Gasteiger partial charge in [-0.05, 0) is 46.0 Å². The molecule has 4 rings (SSSR count). The molecule has 2 aromatic heterocycles. The number of carbonyl (C=O) groups excluding carboxylic acids is 2. The van der Waals surface area contributed by atoms with Crippen molar-refractivity contribution in [3.05, 3.63) is 39.9 Å². The first-order valence-electron chi connectivity index (χ1n) is 9.45. The maximum Gasteiger partial charge on any atom is 0.280 e. The normalized spacial score (nSPS) is 26.7. The average molecular weight is 385 g/mol. The highest BCUT2D eigenvalue weighted by molar-refractivity contribution is 7.11. The first-order valence-corrected chi connectivity index (χ1v) is 10.3. The quantitative estimate of drug-likeness (QED) is 0.856. The number of aromatic nitrogens is 3. The molecule has 2 heterocycles. The van der Waals surface area contributed by atoms with Gasteiger partial charge in [0.1, 0.15) is 5.78 Å². The van der Waals surface area contributed by atoms with E-state index in [-0.39, 0.29) is 22.6 Å². The minimum atomic E-state index is -0.338. The maximum absolute atomic E-state index is 13.2. The van der Waals surface area contributed by atoms with Crippen molar-refractivity contribution in [3.8, 4) is 0 Å². The third-order valence-corrected chi connectivity index (χ3v) is 6.96. The van der Waals surface area contributed by atoms with E-state index in [1.807, 2.05) is 19.2 Å². The fourth-order valence-corrected chi connectivity index (χ4v) is 5.44. The van der Waals surface area contributed by atoms with E-state index < -0.39 is 0 Å². The predicted octanol–water partition coefficient (Wildman–Crippen LogP) is 3.18. The Morgan fingerprint density at radius 1 is 1.11 bits per heavy atom. The molecule has 1 amide bonds. The number of ketones is 1. The van der Waals surface area contributed by atoms with Crippen LogP contribution in [0.15, 0.2) is 17.8 Å².